The van der Waals surface area contributed by atoms with Gasteiger partial charge >= 0.3 is 12.1 Å². The van der Waals surface area contributed by atoms with Crippen molar-refractivity contribution in [3.05, 3.63) is 59.7 Å². The van der Waals surface area contributed by atoms with E-state index in [-0.39, 0.29) is 30.9 Å². The molecule has 3 atom stereocenters. The normalized spacial score (nSPS) is 19.5. The fourth-order valence-electron chi connectivity index (χ4n) is 4.93. The average Bonchev–Trinajstić information content (AvgIpc) is 3.47. The summed E-state index contributed by atoms with van der Waals surface area (Å²) in [5.74, 6) is -1.73. The quantitative estimate of drug-likeness (QED) is 0.478. The van der Waals surface area contributed by atoms with Crippen molar-refractivity contribution in [2.75, 3.05) is 19.8 Å². The number of aliphatic carboxylic acids is 1. The summed E-state index contributed by atoms with van der Waals surface area (Å²) in [6, 6.07) is 15.5. The van der Waals surface area contributed by atoms with Crippen LogP contribution in [0.25, 0.3) is 11.1 Å². The second-order valence-electron chi connectivity index (χ2n) is 9.09. The van der Waals surface area contributed by atoms with Crippen molar-refractivity contribution in [1.82, 2.24) is 10.6 Å². The molecule has 0 saturated carbocycles. The van der Waals surface area contributed by atoms with Crippen LogP contribution < -0.4 is 10.6 Å². The number of amides is 2. The Bertz CT molecular complexity index is 1030. The number of ether oxygens (including phenoxy) is 2. The Labute approximate surface area is 205 Å². The van der Waals surface area contributed by atoms with E-state index in [2.05, 4.69) is 34.9 Å². The highest BCUT2D eigenvalue weighted by molar-refractivity contribution is 5.86. The minimum Gasteiger partial charge on any atom is -0.479 e. The fourth-order valence-corrected chi connectivity index (χ4v) is 4.93. The zero-order chi connectivity index (χ0) is 24.8. The van der Waals surface area contributed by atoms with Gasteiger partial charge in [0, 0.05) is 25.0 Å². The molecule has 0 radical (unpaired) electrons. The molecule has 4 rings (SSSR count). The number of carbonyl (C=O) groups is 3. The minimum absolute atomic E-state index is 0.0635. The van der Waals surface area contributed by atoms with Crippen LogP contribution >= 0.6 is 0 Å². The van der Waals surface area contributed by atoms with E-state index < -0.39 is 24.2 Å². The standard InChI is InChI=1S/C27H32N2O6/c1-2-3-12-23(25(30)28-15-17-13-14-34-24(17)26(31)32)29-27(33)35-16-22-20-10-6-4-8-18(20)19-9-5-7-11-21(19)22/h4-11,17,22-24H,2-3,12-16H2,1H3,(H,28,30)(H,29,33)(H,31,32)/t17-,23+,24-/m1/s1. The summed E-state index contributed by atoms with van der Waals surface area (Å²) in [6.45, 7) is 2.72. The molecule has 1 saturated heterocycles. The lowest BCUT2D eigenvalue weighted by atomic mass is 9.98. The number of rotatable bonds is 10. The summed E-state index contributed by atoms with van der Waals surface area (Å²) in [5.41, 5.74) is 4.53. The number of benzene rings is 2. The summed E-state index contributed by atoms with van der Waals surface area (Å²) in [7, 11) is 0. The van der Waals surface area contributed by atoms with Crippen molar-refractivity contribution in [2.45, 2.75) is 50.7 Å². The maximum Gasteiger partial charge on any atom is 0.407 e. The molecule has 2 aliphatic rings. The summed E-state index contributed by atoms with van der Waals surface area (Å²) in [5, 5.41) is 14.8. The van der Waals surface area contributed by atoms with Crippen LogP contribution in [-0.4, -0.2) is 55.0 Å². The maximum atomic E-state index is 12.8. The number of carbonyl (C=O) groups excluding carboxylic acids is 2. The molecular formula is C27H32N2O6. The summed E-state index contributed by atoms with van der Waals surface area (Å²) >= 11 is 0. The van der Waals surface area contributed by atoms with Crippen LogP contribution in [-0.2, 0) is 19.1 Å². The van der Waals surface area contributed by atoms with Crippen LogP contribution in [0.1, 0.15) is 49.7 Å². The number of alkyl carbamates (subject to hydrolysis) is 1. The molecule has 0 unspecified atom stereocenters. The third kappa shape index (κ3) is 5.65. The number of unbranched alkanes of at least 4 members (excludes halogenated alkanes) is 1. The van der Waals surface area contributed by atoms with E-state index in [9.17, 15) is 19.5 Å². The second-order valence-corrected chi connectivity index (χ2v) is 9.09. The number of nitrogens with one attached hydrogen (secondary N) is 2. The van der Waals surface area contributed by atoms with Gasteiger partial charge in [-0.3, -0.25) is 4.79 Å². The smallest absolute Gasteiger partial charge is 0.407 e. The van der Waals surface area contributed by atoms with E-state index in [1.54, 1.807) is 0 Å². The molecule has 8 heteroatoms. The third-order valence-corrected chi connectivity index (χ3v) is 6.79. The largest absolute Gasteiger partial charge is 0.479 e. The number of hydrogen-bond acceptors (Lipinski definition) is 5. The molecule has 1 aliphatic carbocycles. The van der Waals surface area contributed by atoms with Crippen LogP contribution in [0.15, 0.2) is 48.5 Å². The Morgan fingerprint density at radius 3 is 2.37 bits per heavy atom. The van der Waals surface area contributed by atoms with E-state index >= 15 is 0 Å². The van der Waals surface area contributed by atoms with Crippen molar-refractivity contribution in [3.8, 4) is 11.1 Å². The second kappa shape index (κ2) is 11.4. The first-order valence-electron chi connectivity index (χ1n) is 12.2. The SMILES string of the molecule is CCCC[C@H](NC(=O)OCC1c2ccccc2-c2ccccc21)C(=O)NC[C@H]1CCO[C@H]1C(=O)O. The Morgan fingerprint density at radius 1 is 1.09 bits per heavy atom. The Morgan fingerprint density at radius 2 is 1.74 bits per heavy atom. The number of hydrogen-bond donors (Lipinski definition) is 3. The summed E-state index contributed by atoms with van der Waals surface area (Å²) < 4.78 is 10.8. The Kier molecular flexibility index (Phi) is 8.02. The van der Waals surface area contributed by atoms with Crippen molar-refractivity contribution < 1.29 is 29.0 Å². The van der Waals surface area contributed by atoms with Crippen molar-refractivity contribution >= 4 is 18.0 Å². The van der Waals surface area contributed by atoms with Gasteiger partial charge in [-0.05, 0) is 35.1 Å². The van der Waals surface area contributed by atoms with Gasteiger partial charge in [0.15, 0.2) is 6.10 Å². The summed E-state index contributed by atoms with van der Waals surface area (Å²) in [6.07, 6.45) is 1.10. The van der Waals surface area contributed by atoms with Gasteiger partial charge in [-0.15, -0.1) is 0 Å². The highest BCUT2D eigenvalue weighted by Gasteiger charge is 2.35. The molecule has 2 aromatic rings. The van der Waals surface area contributed by atoms with E-state index in [0.29, 0.717) is 19.4 Å². The first kappa shape index (κ1) is 24.7. The highest BCUT2D eigenvalue weighted by atomic mass is 16.5. The van der Waals surface area contributed by atoms with Crippen LogP contribution in [0.3, 0.4) is 0 Å². The molecule has 0 spiro atoms. The molecule has 1 aliphatic heterocycles. The first-order valence-corrected chi connectivity index (χ1v) is 12.2. The monoisotopic (exact) mass is 480 g/mol. The molecule has 2 aromatic carbocycles. The Hall–Kier alpha value is -3.39. The van der Waals surface area contributed by atoms with E-state index in [0.717, 1.165) is 35.1 Å². The van der Waals surface area contributed by atoms with Crippen molar-refractivity contribution in [3.63, 3.8) is 0 Å². The van der Waals surface area contributed by atoms with E-state index in [4.69, 9.17) is 9.47 Å². The molecule has 8 nitrogen and oxygen atoms in total. The summed E-state index contributed by atoms with van der Waals surface area (Å²) in [4.78, 5) is 36.8. The minimum atomic E-state index is -1.03. The van der Waals surface area contributed by atoms with Gasteiger partial charge < -0.3 is 25.2 Å². The fraction of sp³-hybridized carbons (Fsp3) is 0.444. The van der Waals surface area contributed by atoms with Crippen LogP contribution in [0, 0.1) is 5.92 Å². The van der Waals surface area contributed by atoms with E-state index in [1.165, 1.54) is 0 Å². The van der Waals surface area contributed by atoms with Gasteiger partial charge in [-0.1, -0.05) is 68.3 Å². The van der Waals surface area contributed by atoms with Crippen LogP contribution in [0.4, 0.5) is 4.79 Å². The number of fused-ring (bicyclic) bond motifs is 3. The van der Waals surface area contributed by atoms with Gasteiger partial charge in [0.1, 0.15) is 12.6 Å². The topological polar surface area (TPSA) is 114 Å². The Balaban J connectivity index is 1.35. The lowest BCUT2D eigenvalue weighted by Crippen LogP contribution is -2.48. The molecule has 186 valence electrons. The van der Waals surface area contributed by atoms with Gasteiger partial charge in [0.25, 0.3) is 0 Å². The zero-order valence-electron chi connectivity index (χ0n) is 19.9. The number of carboxylic acids is 1. The number of carboxylic acid groups (broad SMARTS) is 1. The molecular weight excluding hydrogens is 448 g/mol. The third-order valence-electron chi connectivity index (χ3n) is 6.79. The lowest BCUT2D eigenvalue weighted by Gasteiger charge is -2.21. The zero-order valence-corrected chi connectivity index (χ0v) is 19.9. The predicted octanol–water partition coefficient (Wildman–Crippen LogP) is 3.69. The first-order chi connectivity index (χ1) is 17.0. The van der Waals surface area contributed by atoms with E-state index in [1.807, 2.05) is 31.2 Å². The molecule has 3 N–H and O–H groups in total. The van der Waals surface area contributed by atoms with Crippen LogP contribution in [0.5, 0.6) is 0 Å². The molecule has 0 bridgehead atoms. The van der Waals surface area contributed by atoms with Crippen molar-refractivity contribution in [2.24, 2.45) is 5.92 Å². The van der Waals surface area contributed by atoms with Gasteiger partial charge in [-0.25, -0.2) is 9.59 Å². The van der Waals surface area contributed by atoms with Gasteiger partial charge in [0.2, 0.25) is 5.91 Å². The molecule has 1 fully saturated rings. The van der Waals surface area contributed by atoms with Crippen molar-refractivity contribution in [1.29, 1.82) is 0 Å². The molecule has 1 heterocycles. The van der Waals surface area contributed by atoms with Gasteiger partial charge in [0.05, 0.1) is 0 Å². The van der Waals surface area contributed by atoms with Gasteiger partial charge in [-0.2, -0.15) is 0 Å². The predicted molar refractivity (Wildman–Crippen MR) is 130 cm³/mol. The average molecular weight is 481 g/mol. The van der Waals surface area contributed by atoms with Crippen LogP contribution in [0.2, 0.25) is 0 Å². The highest BCUT2D eigenvalue weighted by Crippen LogP contribution is 2.44. The lowest BCUT2D eigenvalue weighted by molar-refractivity contribution is -0.149. The maximum absolute atomic E-state index is 12.8. The molecule has 35 heavy (non-hydrogen) atoms. The molecule has 0 aromatic heterocycles. The molecule has 2 amide bonds.